The van der Waals surface area contributed by atoms with Crippen molar-refractivity contribution in [2.75, 3.05) is 26.7 Å². The summed E-state index contributed by atoms with van der Waals surface area (Å²) in [7, 11) is 1.81. The largest absolute Gasteiger partial charge is 0.356 e. The van der Waals surface area contributed by atoms with E-state index in [2.05, 4.69) is 69.0 Å². The molecule has 152 valence electrons. The van der Waals surface area contributed by atoms with Gasteiger partial charge in [-0.15, -0.1) is 11.3 Å². The van der Waals surface area contributed by atoms with E-state index < -0.39 is 0 Å². The van der Waals surface area contributed by atoms with Gasteiger partial charge < -0.3 is 10.6 Å². The van der Waals surface area contributed by atoms with Crippen molar-refractivity contribution in [2.45, 2.75) is 52.1 Å². The van der Waals surface area contributed by atoms with E-state index >= 15 is 0 Å². The summed E-state index contributed by atoms with van der Waals surface area (Å²) in [5.74, 6) is 1.34. The Morgan fingerprint density at radius 1 is 1.14 bits per heavy atom. The van der Waals surface area contributed by atoms with Crippen LogP contribution in [0.25, 0.3) is 0 Å². The van der Waals surface area contributed by atoms with Crippen molar-refractivity contribution in [3.05, 3.63) is 51.5 Å². The smallest absolute Gasteiger partial charge is 0.191 e. The van der Waals surface area contributed by atoms with Crippen LogP contribution in [-0.2, 0) is 19.5 Å². The van der Waals surface area contributed by atoms with Crippen LogP contribution in [0, 0.1) is 0 Å². The van der Waals surface area contributed by atoms with Gasteiger partial charge in [-0.1, -0.05) is 38.1 Å². The van der Waals surface area contributed by atoms with Gasteiger partial charge in [0.05, 0.1) is 10.7 Å². The Kier molecular flexibility index (Phi) is 7.86. The molecule has 2 aromatic rings. The Morgan fingerprint density at radius 3 is 2.50 bits per heavy atom. The topological polar surface area (TPSA) is 52.6 Å². The van der Waals surface area contributed by atoms with Crippen molar-refractivity contribution >= 4 is 17.3 Å². The first kappa shape index (κ1) is 20.8. The molecule has 2 N–H and O–H groups in total. The first-order valence-corrected chi connectivity index (χ1v) is 11.2. The van der Waals surface area contributed by atoms with Gasteiger partial charge in [-0.25, -0.2) is 4.98 Å². The third kappa shape index (κ3) is 6.31. The second-order valence-corrected chi connectivity index (χ2v) is 8.62. The first-order chi connectivity index (χ1) is 13.6. The van der Waals surface area contributed by atoms with Gasteiger partial charge in [-0.3, -0.25) is 9.89 Å². The van der Waals surface area contributed by atoms with Crippen LogP contribution in [0.5, 0.6) is 0 Å². The maximum Gasteiger partial charge on any atom is 0.191 e. The molecule has 0 bridgehead atoms. The van der Waals surface area contributed by atoms with Gasteiger partial charge in [0, 0.05) is 44.4 Å². The van der Waals surface area contributed by atoms with Crippen LogP contribution >= 0.6 is 11.3 Å². The highest BCUT2D eigenvalue weighted by Crippen LogP contribution is 2.19. The number of benzene rings is 1. The van der Waals surface area contributed by atoms with Crippen molar-refractivity contribution in [1.82, 2.24) is 20.5 Å². The Balaban J connectivity index is 1.39. The number of likely N-dealkylation sites (tertiary alicyclic amines) is 1. The van der Waals surface area contributed by atoms with E-state index in [1.54, 1.807) is 11.3 Å². The van der Waals surface area contributed by atoms with Crippen molar-refractivity contribution in [1.29, 1.82) is 0 Å². The van der Waals surface area contributed by atoms with E-state index in [1.165, 1.54) is 42.1 Å². The summed E-state index contributed by atoms with van der Waals surface area (Å²) in [6.07, 6.45) is 3.60. The summed E-state index contributed by atoms with van der Waals surface area (Å²) in [4.78, 5) is 11.5. The third-order valence-corrected chi connectivity index (χ3v) is 6.24. The molecule has 5 nitrogen and oxygen atoms in total. The van der Waals surface area contributed by atoms with Gasteiger partial charge in [0.1, 0.15) is 0 Å². The lowest BCUT2D eigenvalue weighted by Gasteiger charge is -2.15. The number of hydrogen-bond donors (Lipinski definition) is 2. The molecule has 0 aliphatic carbocycles. The zero-order chi connectivity index (χ0) is 19.8. The van der Waals surface area contributed by atoms with Gasteiger partial charge in [0.15, 0.2) is 5.96 Å². The quantitative estimate of drug-likeness (QED) is 0.524. The van der Waals surface area contributed by atoms with Gasteiger partial charge in [0.25, 0.3) is 0 Å². The van der Waals surface area contributed by atoms with E-state index in [-0.39, 0.29) is 0 Å². The van der Waals surface area contributed by atoms with Crippen molar-refractivity contribution in [3.63, 3.8) is 0 Å². The molecular weight excluding hydrogens is 366 g/mol. The normalized spacial score (nSPS) is 15.4. The predicted octanol–water partition coefficient (Wildman–Crippen LogP) is 3.77. The fourth-order valence-corrected chi connectivity index (χ4v) is 4.25. The van der Waals surface area contributed by atoms with E-state index in [9.17, 15) is 0 Å². The summed E-state index contributed by atoms with van der Waals surface area (Å²) in [5, 5.41) is 10.2. The van der Waals surface area contributed by atoms with Crippen LogP contribution in [0.4, 0.5) is 0 Å². The maximum absolute atomic E-state index is 4.69. The summed E-state index contributed by atoms with van der Waals surface area (Å²) in [6, 6.07) is 8.93. The molecule has 3 rings (SSSR count). The molecule has 2 heterocycles. The zero-order valence-electron chi connectivity index (χ0n) is 17.4. The third-order valence-electron chi connectivity index (χ3n) is 5.05. The van der Waals surface area contributed by atoms with Gasteiger partial charge in [-0.05, 0) is 37.1 Å². The van der Waals surface area contributed by atoms with Crippen LogP contribution < -0.4 is 10.6 Å². The second-order valence-electron chi connectivity index (χ2n) is 7.73. The number of thiazole rings is 1. The number of guanidine groups is 1. The van der Waals surface area contributed by atoms with Crippen LogP contribution in [0.2, 0.25) is 0 Å². The predicted molar refractivity (Wildman–Crippen MR) is 119 cm³/mol. The average Bonchev–Trinajstić information content (AvgIpc) is 3.38. The zero-order valence-corrected chi connectivity index (χ0v) is 18.2. The van der Waals surface area contributed by atoms with E-state index in [0.29, 0.717) is 5.92 Å². The average molecular weight is 400 g/mol. The van der Waals surface area contributed by atoms with Gasteiger partial charge >= 0.3 is 0 Å². The van der Waals surface area contributed by atoms with Gasteiger partial charge in [-0.2, -0.15) is 0 Å². The Hall–Kier alpha value is -1.92. The number of hydrogen-bond acceptors (Lipinski definition) is 4. The van der Waals surface area contributed by atoms with Crippen LogP contribution in [-0.4, -0.2) is 42.5 Å². The Morgan fingerprint density at radius 2 is 1.86 bits per heavy atom. The van der Waals surface area contributed by atoms with Crippen molar-refractivity contribution < 1.29 is 0 Å². The minimum absolute atomic E-state index is 0.503. The molecule has 1 aromatic carbocycles. The fraction of sp³-hybridized carbons (Fsp3) is 0.545. The van der Waals surface area contributed by atoms with E-state index in [1.807, 2.05) is 7.05 Å². The standard InChI is InChI=1S/C22H33N5S/c1-17(2)21-26-20(16-28-21)10-11-24-22(23-3)25-14-18-6-8-19(9-7-18)15-27-12-4-5-13-27/h6-9,16-17H,4-5,10-15H2,1-3H3,(H2,23,24,25). The summed E-state index contributed by atoms with van der Waals surface area (Å²) >= 11 is 1.75. The second kappa shape index (κ2) is 10.6. The van der Waals surface area contributed by atoms with E-state index in [4.69, 9.17) is 0 Å². The summed E-state index contributed by atoms with van der Waals surface area (Å²) in [5.41, 5.74) is 3.83. The molecule has 0 atom stereocenters. The minimum atomic E-state index is 0.503. The number of nitrogens with zero attached hydrogens (tertiary/aromatic N) is 3. The highest BCUT2D eigenvalue weighted by atomic mass is 32.1. The lowest BCUT2D eigenvalue weighted by molar-refractivity contribution is 0.331. The summed E-state index contributed by atoms with van der Waals surface area (Å²) in [6.45, 7) is 9.53. The molecule has 1 aliphatic rings. The Labute approximate surface area is 173 Å². The van der Waals surface area contributed by atoms with Crippen LogP contribution in [0.15, 0.2) is 34.6 Å². The molecule has 0 amide bonds. The molecule has 28 heavy (non-hydrogen) atoms. The lowest BCUT2D eigenvalue weighted by Crippen LogP contribution is -2.37. The van der Waals surface area contributed by atoms with Gasteiger partial charge in [0.2, 0.25) is 0 Å². The maximum atomic E-state index is 4.69. The molecule has 1 fully saturated rings. The summed E-state index contributed by atoms with van der Waals surface area (Å²) < 4.78 is 0. The highest BCUT2D eigenvalue weighted by Gasteiger charge is 2.11. The molecule has 0 radical (unpaired) electrons. The number of rotatable bonds is 8. The molecule has 0 spiro atoms. The molecule has 1 saturated heterocycles. The molecule has 0 unspecified atom stereocenters. The fourth-order valence-electron chi connectivity index (χ4n) is 3.38. The van der Waals surface area contributed by atoms with Crippen LogP contribution in [0.1, 0.15) is 54.4 Å². The van der Waals surface area contributed by atoms with Crippen LogP contribution in [0.3, 0.4) is 0 Å². The lowest BCUT2D eigenvalue weighted by atomic mass is 10.1. The molecule has 1 aliphatic heterocycles. The number of aromatic nitrogens is 1. The first-order valence-electron chi connectivity index (χ1n) is 10.3. The number of nitrogens with one attached hydrogen (secondary N) is 2. The van der Waals surface area contributed by atoms with E-state index in [0.717, 1.165) is 37.7 Å². The molecule has 0 saturated carbocycles. The Bertz CT molecular complexity index is 745. The SMILES string of the molecule is CN=C(NCCc1csc(C(C)C)n1)NCc1ccc(CN2CCCC2)cc1. The molecule has 6 heteroatoms. The highest BCUT2D eigenvalue weighted by molar-refractivity contribution is 7.09. The number of aliphatic imine (C=N–C) groups is 1. The molecule has 1 aromatic heterocycles. The van der Waals surface area contributed by atoms with Crippen molar-refractivity contribution in [3.8, 4) is 0 Å². The minimum Gasteiger partial charge on any atom is -0.356 e. The molecular formula is C22H33N5S. The monoisotopic (exact) mass is 399 g/mol. The van der Waals surface area contributed by atoms with Crippen molar-refractivity contribution in [2.24, 2.45) is 4.99 Å².